The first-order valence-corrected chi connectivity index (χ1v) is 16.4. The number of likely N-dealkylation sites (tertiary alicyclic amines) is 1. The molecule has 0 amide bonds. The second kappa shape index (κ2) is 12.5. The average Bonchev–Trinajstić information content (AvgIpc) is 3.55. The molecule has 2 aliphatic rings. The summed E-state index contributed by atoms with van der Waals surface area (Å²) in [5.74, 6) is 9.61. The second-order valence-electron chi connectivity index (χ2n) is 11.1. The van der Waals surface area contributed by atoms with Gasteiger partial charge in [0.05, 0.1) is 19.8 Å². The lowest BCUT2D eigenvalue weighted by Crippen LogP contribution is -2.37. The molecule has 34 heavy (non-hydrogen) atoms. The normalized spacial score (nSPS) is 23.1. The lowest BCUT2D eigenvalue weighted by molar-refractivity contribution is 0.0474. The number of hydrogen-bond acceptors (Lipinski definition) is 4. The third kappa shape index (κ3) is 7.49. The van der Waals surface area contributed by atoms with Crippen LogP contribution < -0.4 is 9.47 Å². The minimum Gasteiger partial charge on any atom is -0.493 e. The summed E-state index contributed by atoms with van der Waals surface area (Å²) in [7, 11) is 1.69. The standard InChI is InChI=1S/C26H35NO3.3CH3.Al/c1-19(28)26(2)18-27(16-21-7-5-4-6-8-21)17-23(26)22-11-12-24(29-3)25(15-22)30-14-13-20-9-10-20;;;;/h4-8,11-12,15,19-20,23,28H,9-10,13-14,16-18H2,1-3H3;3*1H3;/t19?,23-,26-;;;;/m0..../s1. The molecule has 2 aromatic rings. The number of rotatable bonds is 9. The molecule has 2 fully saturated rings. The molecule has 1 heterocycles. The van der Waals surface area contributed by atoms with Gasteiger partial charge in [-0.25, -0.2) is 0 Å². The van der Waals surface area contributed by atoms with Crippen molar-refractivity contribution in [2.75, 3.05) is 26.8 Å². The van der Waals surface area contributed by atoms with Gasteiger partial charge in [0.2, 0.25) is 0 Å². The van der Waals surface area contributed by atoms with E-state index in [2.05, 4.69) is 71.6 Å². The van der Waals surface area contributed by atoms with Gasteiger partial charge in [-0.05, 0) is 42.5 Å². The molecule has 1 unspecified atom stereocenters. The van der Waals surface area contributed by atoms with Crippen LogP contribution in [0.3, 0.4) is 0 Å². The first kappa shape index (κ1) is 27.1. The minimum atomic E-state index is -0.399. The lowest BCUT2D eigenvalue weighted by Gasteiger charge is -2.34. The van der Waals surface area contributed by atoms with E-state index in [0.717, 1.165) is 50.1 Å². The van der Waals surface area contributed by atoms with Crippen molar-refractivity contribution in [2.45, 2.75) is 69.0 Å². The number of nitrogens with zero attached hydrogens (tertiary/aromatic N) is 1. The molecule has 1 saturated heterocycles. The molecule has 4 rings (SSSR count). The van der Waals surface area contributed by atoms with Crippen LogP contribution in [0.5, 0.6) is 11.5 Å². The van der Waals surface area contributed by atoms with Gasteiger partial charge in [0, 0.05) is 31.0 Å². The van der Waals surface area contributed by atoms with Crippen LogP contribution in [0.1, 0.15) is 50.2 Å². The van der Waals surface area contributed by atoms with E-state index in [1.54, 1.807) is 7.11 Å². The van der Waals surface area contributed by atoms with Gasteiger partial charge in [0.15, 0.2) is 11.5 Å². The van der Waals surface area contributed by atoms with Crippen molar-refractivity contribution in [2.24, 2.45) is 11.3 Å². The molecule has 0 aromatic heterocycles. The quantitative estimate of drug-likeness (QED) is 0.431. The van der Waals surface area contributed by atoms with Crippen molar-refractivity contribution < 1.29 is 14.6 Å². The maximum absolute atomic E-state index is 10.7. The number of aliphatic hydroxyl groups excluding tert-OH is 1. The molecule has 1 N–H and O–H groups in total. The number of methoxy groups -OCH3 is 1. The topological polar surface area (TPSA) is 41.9 Å². The Morgan fingerprint density at radius 1 is 1.09 bits per heavy atom. The zero-order valence-corrected chi connectivity index (χ0v) is 23.2. The molecule has 5 heteroatoms. The highest BCUT2D eigenvalue weighted by Crippen LogP contribution is 2.47. The Morgan fingerprint density at radius 3 is 2.35 bits per heavy atom. The summed E-state index contributed by atoms with van der Waals surface area (Å²) in [5, 5.41) is 10.7. The first-order chi connectivity index (χ1) is 16.2. The van der Waals surface area contributed by atoms with Crippen LogP contribution in [0.25, 0.3) is 0 Å². The molecule has 1 aliphatic heterocycles. The number of benzene rings is 2. The summed E-state index contributed by atoms with van der Waals surface area (Å²) in [5.41, 5.74) is 2.32. The van der Waals surface area contributed by atoms with Crippen LogP contribution in [0.4, 0.5) is 0 Å². The van der Waals surface area contributed by atoms with Crippen LogP contribution in [0.2, 0.25) is 17.4 Å². The van der Waals surface area contributed by atoms with Crippen molar-refractivity contribution in [3.63, 3.8) is 0 Å². The molecule has 186 valence electrons. The largest absolute Gasteiger partial charge is 0.493 e. The van der Waals surface area contributed by atoms with Crippen molar-refractivity contribution in [3.8, 4) is 11.5 Å². The van der Waals surface area contributed by atoms with Gasteiger partial charge in [-0.3, -0.25) is 4.90 Å². The zero-order chi connectivity index (χ0) is 24.7. The maximum atomic E-state index is 10.7. The number of hydrogen-bond donors (Lipinski definition) is 1. The third-order valence-electron chi connectivity index (χ3n) is 7.08. The monoisotopic (exact) mass is 481 g/mol. The van der Waals surface area contributed by atoms with E-state index in [0.29, 0.717) is 0 Å². The van der Waals surface area contributed by atoms with Crippen molar-refractivity contribution in [3.05, 3.63) is 59.7 Å². The van der Waals surface area contributed by atoms with E-state index < -0.39 is 6.10 Å². The summed E-state index contributed by atoms with van der Waals surface area (Å²) in [4.78, 5) is 2.46. The van der Waals surface area contributed by atoms with Gasteiger partial charge >= 0.3 is 0 Å². The van der Waals surface area contributed by atoms with Gasteiger partial charge in [0.25, 0.3) is 14.1 Å². The predicted octanol–water partition coefficient (Wildman–Crippen LogP) is 6.23. The minimum absolute atomic E-state index is 0.139. The molecule has 0 spiro atoms. The maximum Gasteiger partial charge on any atom is 0.251 e. The van der Waals surface area contributed by atoms with E-state index in [1.807, 2.05) is 13.0 Å². The van der Waals surface area contributed by atoms with Crippen molar-refractivity contribution >= 4 is 14.1 Å². The van der Waals surface area contributed by atoms with Crippen molar-refractivity contribution in [1.29, 1.82) is 0 Å². The SMILES string of the molecule is COc1ccc([C@@H]2CN(Cc3ccccc3)C[C@@]2(C)C(C)O)cc1OCCC1CC1.[CH3][Al]([CH3])[CH3]. The first-order valence-electron chi connectivity index (χ1n) is 13.0. The van der Waals surface area contributed by atoms with Crippen LogP contribution >= 0.6 is 0 Å². The lowest BCUT2D eigenvalue weighted by atomic mass is 9.72. The highest BCUT2D eigenvalue weighted by Gasteiger charge is 2.47. The predicted molar refractivity (Wildman–Crippen MR) is 143 cm³/mol. The van der Waals surface area contributed by atoms with Crippen LogP contribution in [0, 0.1) is 11.3 Å². The Hall–Kier alpha value is -1.51. The molecule has 0 radical (unpaired) electrons. The fourth-order valence-electron chi connectivity index (χ4n) is 4.76. The fraction of sp³-hybridized carbons (Fsp3) is 0.586. The summed E-state index contributed by atoms with van der Waals surface area (Å²) < 4.78 is 11.7. The smallest absolute Gasteiger partial charge is 0.251 e. The molecule has 1 saturated carbocycles. The molecule has 2 aromatic carbocycles. The fourth-order valence-corrected chi connectivity index (χ4v) is 4.76. The van der Waals surface area contributed by atoms with Gasteiger partial charge in [-0.2, -0.15) is 0 Å². The average molecular weight is 482 g/mol. The van der Waals surface area contributed by atoms with Crippen molar-refractivity contribution in [1.82, 2.24) is 4.90 Å². The molecule has 4 nitrogen and oxygen atoms in total. The van der Waals surface area contributed by atoms with Crippen LogP contribution in [-0.2, 0) is 6.54 Å². The summed E-state index contributed by atoms with van der Waals surface area (Å²) >= 11 is -0.139. The van der Waals surface area contributed by atoms with E-state index >= 15 is 0 Å². The van der Waals surface area contributed by atoms with Crippen LogP contribution in [0.15, 0.2) is 48.5 Å². The van der Waals surface area contributed by atoms with E-state index in [9.17, 15) is 5.11 Å². The van der Waals surface area contributed by atoms with Gasteiger partial charge in [-0.15, -0.1) is 17.4 Å². The zero-order valence-electron chi connectivity index (χ0n) is 22.1. The Bertz CT molecular complexity index is 881. The number of aliphatic hydroxyl groups is 1. The Balaban J connectivity index is 0.000000751. The molecule has 3 atom stereocenters. The van der Waals surface area contributed by atoms with Gasteiger partial charge < -0.3 is 14.6 Å². The molecule has 1 aliphatic carbocycles. The highest BCUT2D eigenvalue weighted by molar-refractivity contribution is 6.54. The summed E-state index contributed by atoms with van der Waals surface area (Å²) in [6, 6.07) is 16.9. The molecular formula is C29H44AlNO3. The van der Waals surface area contributed by atoms with Gasteiger partial charge in [-0.1, -0.05) is 56.2 Å². The van der Waals surface area contributed by atoms with E-state index in [4.69, 9.17) is 9.47 Å². The van der Waals surface area contributed by atoms with E-state index in [1.165, 1.54) is 24.0 Å². The Morgan fingerprint density at radius 2 is 1.76 bits per heavy atom. The number of ether oxygens (including phenoxy) is 2. The van der Waals surface area contributed by atoms with E-state index in [-0.39, 0.29) is 25.5 Å². The Labute approximate surface area is 211 Å². The molecular weight excluding hydrogens is 437 g/mol. The second-order valence-corrected chi connectivity index (χ2v) is 14.6. The highest BCUT2D eigenvalue weighted by atomic mass is 27.2. The summed E-state index contributed by atoms with van der Waals surface area (Å²) in [6.07, 6.45) is 3.40. The third-order valence-corrected chi connectivity index (χ3v) is 7.08. The Kier molecular flexibility index (Phi) is 9.92. The van der Waals surface area contributed by atoms with Crippen LogP contribution in [-0.4, -0.2) is 57.1 Å². The summed E-state index contributed by atoms with van der Waals surface area (Å²) in [6.45, 7) is 7.57. The van der Waals surface area contributed by atoms with Gasteiger partial charge in [0.1, 0.15) is 0 Å². The molecule has 0 bridgehead atoms.